The lowest BCUT2D eigenvalue weighted by Crippen LogP contribution is -1.99. The number of benzene rings is 3. The van der Waals surface area contributed by atoms with Crippen molar-refractivity contribution in [2.45, 2.75) is 11.0 Å². The van der Waals surface area contributed by atoms with Crippen LogP contribution in [-0.2, 0) is 10.8 Å². The van der Waals surface area contributed by atoms with E-state index in [1.165, 1.54) is 0 Å². The first-order valence-electron chi connectivity index (χ1n) is 10.1. The molecule has 0 saturated heterocycles. The van der Waals surface area contributed by atoms with Crippen molar-refractivity contribution in [3.63, 3.8) is 0 Å². The molecule has 0 bridgehead atoms. The lowest BCUT2D eigenvalue weighted by Gasteiger charge is -2.11. The molecule has 0 aliphatic carbocycles. The Kier molecular flexibility index (Phi) is 5.34. The van der Waals surface area contributed by atoms with E-state index in [0.29, 0.717) is 27.9 Å². The Balaban J connectivity index is 1.44. The first-order valence-corrected chi connectivity index (χ1v) is 11.7. The van der Waals surface area contributed by atoms with Crippen LogP contribution in [0.15, 0.2) is 90.1 Å². The van der Waals surface area contributed by atoms with Crippen LogP contribution in [0.25, 0.3) is 22.3 Å². The number of aromatic amines is 2. The van der Waals surface area contributed by atoms with E-state index in [1.54, 1.807) is 12.5 Å². The largest absolute Gasteiger partial charge is 0.456 e. The van der Waals surface area contributed by atoms with Crippen LogP contribution >= 0.6 is 0 Å². The van der Waals surface area contributed by atoms with Crippen molar-refractivity contribution in [2.24, 2.45) is 0 Å². The molecule has 32 heavy (non-hydrogen) atoms. The summed E-state index contributed by atoms with van der Waals surface area (Å²) in [7, 11) is -1.22. The predicted molar refractivity (Wildman–Crippen MR) is 125 cm³/mol. The molecule has 2 aromatic heterocycles. The van der Waals surface area contributed by atoms with Gasteiger partial charge in [0.05, 0.1) is 27.6 Å². The smallest absolute Gasteiger partial charge is 0.144 e. The van der Waals surface area contributed by atoms with E-state index in [-0.39, 0.29) is 0 Å². The van der Waals surface area contributed by atoms with Crippen LogP contribution in [0.1, 0.15) is 17.4 Å². The van der Waals surface area contributed by atoms with Gasteiger partial charge in [0.1, 0.15) is 23.4 Å². The molecule has 0 spiro atoms. The van der Waals surface area contributed by atoms with E-state index in [4.69, 9.17) is 4.74 Å². The van der Waals surface area contributed by atoms with Crippen LogP contribution in [0.5, 0.6) is 11.5 Å². The number of nitrogens with one attached hydrogen (secondary N) is 2. The zero-order valence-corrected chi connectivity index (χ0v) is 18.1. The van der Waals surface area contributed by atoms with Crippen molar-refractivity contribution < 1.29 is 14.1 Å². The fourth-order valence-electron chi connectivity index (χ4n) is 3.73. The van der Waals surface area contributed by atoms with Gasteiger partial charge >= 0.3 is 0 Å². The minimum Gasteiger partial charge on any atom is -0.456 e. The molecule has 0 saturated carbocycles. The molecule has 160 valence electrons. The molecule has 0 radical (unpaired) electrons. The Bertz CT molecular complexity index is 1410. The Morgan fingerprint density at radius 1 is 1.03 bits per heavy atom. The third-order valence-corrected chi connectivity index (χ3v) is 6.27. The normalized spacial score (nSPS) is 13.2. The lowest BCUT2D eigenvalue weighted by molar-refractivity contribution is 0.216. The fourth-order valence-corrected chi connectivity index (χ4v) is 4.61. The number of aromatic nitrogens is 3. The molecule has 0 amide bonds. The Hall–Kier alpha value is -3.68. The summed E-state index contributed by atoms with van der Waals surface area (Å²) in [6.45, 7) is 0. The Labute approximate surface area is 187 Å². The average molecular weight is 444 g/mol. The SMILES string of the molecule is CS(=O)c1c(Oc2cccc(-c3ncc(C(O)c4ccccc4)[nH]3)c2)ccc2[nH]ccc12. The quantitative estimate of drug-likeness (QED) is 0.338. The van der Waals surface area contributed by atoms with Gasteiger partial charge in [0, 0.05) is 28.9 Å². The second kappa shape index (κ2) is 8.45. The monoisotopic (exact) mass is 443 g/mol. The van der Waals surface area contributed by atoms with Gasteiger partial charge in [-0.1, -0.05) is 42.5 Å². The van der Waals surface area contributed by atoms with Crippen LogP contribution in [0.3, 0.4) is 0 Å². The first kappa shape index (κ1) is 20.2. The van der Waals surface area contributed by atoms with Crippen LogP contribution in [-0.4, -0.2) is 30.5 Å². The first-order chi connectivity index (χ1) is 15.6. The summed E-state index contributed by atoms with van der Waals surface area (Å²) in [5, 5.41) is 11.5. The highest BCUT2D eigenvalue weighted by atomic mass is 32.2. The van der Waals surface area contributed by atoms with Gasteiger partial charge in [0.25, 0.3) is 0 Å². The fraction of sp³-hybridized carbons (Fsp3) is 0.0800. The van der Waals surface area contributed by atoms with Crippen molar-refractivity contribution in [2.75, 3.05) is 6.26 Å². The third-order valence-electron chi connectivity index (χ3n) is 5.28. The number of aliphatic hydroxyl groups is 1. The standard InChI is InChI=1S/C25H21N3O3S/c1-32(30)24-19-12-13-26-20(19)10-11-22(24)31-18-9-5-8-17(14-18)25-27-15-21(28-25)23(29)16-6-3-2-4-7-16/h2-15,23,26,29H,1H3,(H,27,28). The average Bonchev–Trinajstić information content (AvgIpc) is 3.49. The molecule has 3 N–H and O–H groups in total. The van der Waals surface area contributed by atoms with Crippen molar-refractivity contribution in [1.29, 1.82) is 0 Å². The van der Waals surface area contributed by atoms with E-state index in [0.717, 1.165) is 22.0 Å². The van der Waals surface area contributed by atoms with Gasteiger partial charge in [-0.05, 0) is 35.9 Å². The lowest BCUT2D eigenvalue weighted by atomic mass is 10.1. The molecule has 2 atom stereocenters. The molecule has 6 nitrogen and oxygen atoms in total. The second-order valence-corrected chi connectivity index (χ2v) is 8.73. The van der Waals surface area contributed by atoms with Crippen LogP contribution in [0, 0.1) is 0 Å². The number of fused-ring (bicyclic) bond motifs is 1. The van der Waals surface area contributed by atoms with Gasteiger partial charge in [0.15, 0.2) is 0 Å². The number of aliphatic hydroxyl groups excluding tert-OH is 1. The van der Waals surface area contributed by atoms with Gasteiger partial charge < -0.3 is 19.8 Å². The minimum absolute atomic E-state index is 0.551. The maximum atomic E-state index is 12.4. The van der Waals surface area contributed by atoms with Gasteiger partial charge in [-0.3, -0.25) is 4.21 Å². The summed E-state index contributed by atoms with van der Waals surface area (Å²) in [5.41, 5.74) is 3.13. The van der Waals surface area contributed by atoms with Crippen LogP contribution in [0.4, 0.5) is 0 Å². The van der Waals surface area contributed by atoms with Gasteiger partial charge in [-0.2, -0.15) is 0 Å². The highest BCUT2D eigenvalue weighted by Gasteiger charge is 2.16. The molecule has 0 fully saturated rings. The summed E-state index contributed by atoms with van der Waals surface area (Å²) in [6.07, 6.45) is 4.32. The number of rotatable bonds is 6. The maximum Gasteiger partial charge on any atom is 0.144 e. The summed E-state index contributed by atoms with van der Waals surface area (Å²) in [6, 6.07) is 22.6. The topological polar surface area (TPSA) is 91.0 Å². The Morgan fingerprint density at radius 2 is 1.88 bits per heavy atom. The van der Waals surface area contributed by atoms with E-state index >= 15 is 0 Å². The van der Waals surface area contributed by atoms with Crippen molar-refractivity contribution in [1.82, 2.24) is 15.0 Å². The highest BCUT2D eigenvalue weighted by Crippen LogP contribution is 2.34. The number of ether oxygens (including phenoxy) is 1. The number of H-pyrrole nitrogens is 2. The Morgan fingerprint density at radius 3 is 2.69 bits per heavy atom. The second-order valence-electron chi connectivity index (χ2n) is 7.42. The summed E-state index contributed by atoms with van der Waals surface area (Å²) < 4.78 is 18.6. The van der Waals surface area contributed by atoms with Crippen LogP contribution in [0.2, 0.25) is 0 Å². The van der Waals surface area contributed by atoms with Crippen molar-refractivity contribution in [3.8, 4) is 22.9 Å². The van der Waals surface area contributed by atoms with E-state index in [2.05, 4.69) is 15.0 Å². The van der Waals surface area contributed by atoms with Gasteiger partial charge in [-0.15, -0.1) is 0 Å². The van der Waals surface area contributed by atoms with Crippen LogP contribution < -0.4 is 4.74 Å². The molecular formula is C25H21N3O3S. The number of hydrogen-bond acceptors (Lipinski definition) is 4. The number of nitrogens with zero attached hydrogens (tertiary/aromatic N) is 1. The zero-order chi connectivity index (χ0) is 22.1. The van der Waals surface area contributed by atoms with E-state index in [1.807, 2.05) is 79.0 Å². The summed E-state index contributed by atoms with van der Waals surface area (Å²) in [4.78, 5) is 11.4. The minimum atomic E-state index is -1.22. The van der Waals surface area contributed by atoms with E-state index < -0.39 is 16.9 Å². The molecule has 5 rings (SSSR count). The molecule has 3 aromatic carbocycles. The van der Waals surface area contributed by atoms with Crippen molar-refractivity contribution >= 4 is 21.7 Å². The molecule has 7 heteroatoms. The summed E-state index contributed by atoms with van der Waals surface area (Å²) >= 11 is 0. The molecule has 2 unspecified atom stereocenters. The van der Waals surface area contributed by atoms with Crippen molar-refractivity contribution in [3.05, 3.63) is 96.4 Å². The maximum absolute atomic E-state index is 12.4. The third kappa shape index (κ3) is 3.84. The summed E-state index contributed by atoms with van der Waals surface area (Å²) in [5.74, 6) is 1.78. The molecule has 0 aliphatic rings. The number of imidazole rings is 1. The molecule has 2 heterocycles. The molecule has 0 aliphatic heterocycles. The predicted octanol–water partition coefficient (Wildman–Crippen LogP) is 5.17. The molecule has 5 aromatic rings. The number of hydrogen-bond donors (Lipinski definition) is 3. The zero-order valence-electron chi connectivity index (χ0n) is 17.3. The molecular weight excluding hydrogens is 422 g/mol. The van der Waals surface area contributed by atoms with Gasteiger partial charge in [0.2, 0.25) is 0 Å². The highest BCUT2D eigenvalue weighted by molar-refractivity contribution is 7.84. The van der Waals surface area contributed by atoms with Gasteiger partial charge in [-0.25, -0.2) is 4.98 Å². The van der Waals surface area contributed by atoms with E-state index in [9.17, 15) is 9.32 Å².